The van der Waals surface area contributed by atoms with Gasteiger partial charge in [-0.05, 0) is 25.5 Å². The zero-order chi connectivity index (χ0) is 21.1. The largest absolute Gasteiger partial charge is 0.493 e. The number of aromatic nitrogens is 4. The summed E-state index contributed by atoms with van der Waals surface area (Å²) in [5.74, 6) is 1.21. The van der Waals surface area contributed by atoms with Crippen LogP contribution >= 0.6 is 0 Å². The number of nitrogens with zero attached hydrogens (tertiary/aromatic N) is 4. The van der Waals surface area contributed by atoms with Gasteiger partial charge in [0.05, 0.1) is 31.2 Å². The van der Waals surface area contributed by atoms with E-state index in [9.17, 15) is 9.59 Å². The minimum absolute atomic E-state index is 0.130. The molecule has 154 valence electrons. The number of fused-ring (bicyclic) bond motifs is 1. The quantitative estimate of drug-likeness (QED) is 0.682. The lowest BCUT2D eigenvalue weighted by Gasteiger charge is -2.27. The Labute approximate surface area is 172 Å². The second kappa shape index (κ2) is 8.32. The monoisotopic (exact) mass is 407 g/mol. The lowest BCUT2D eigenvalue weighted by molar-refractivity contribution is -0.134. The number of hydrogen-bond acceptors (Lipinski definition) is 7. The Balaban J connectivity index is 1.50. The Bertz CT molecular complexity index is 1130. The molecule has 0 radical (unpaired) electrons. The highest BCUT2D eigenvalue weighted by Crippen LogP contribution is 2.26. The van der Waals surface area contributed by atoms with Crippen molar-refractivity contribution in [2.24, 2.45) is 0 Å². The molecule has 0 aliphatic carbocycles. The molecule has 1 aromatic carbocycles. The van der Waals surface area contributed by atoms with E-state index in [1.165, 1.54) is 0 Å². The van der Waals surface area contributed by atoms with Crippen LogP contribution in [0.15, 0.2) is 41.5 Å². The number of hydrogen-bond donors (Lipinski definition) is 1. The summed E-state index contributed by atoms with van der Waals surface area (Å²) < 4.78 is 10.9. The maximum absolute atomic E-state index is 12.7. The fraction of sp³-hybridized carbons (Fsp3) is 0.286. The fourth-order valence-corrected chi connectivity index (χ4v) is 3.26. The normalized spacial score (nSPS) is 12.9. The summed E-state index contributed by atoms with van der Waals surface area (Å²) in [5.41, 5.74) is 2.19. The molecule has 0 fully saturated rings. The van der Waals surface area contributed by atoms with Crippen LogP contribution in [0.1, 0.15) is 17.0 Å². The molecule has 3 heterocycles. The smallest absolute Gasteiger partial charge is 0.260 e. The van der Waals surface area contributed by atoms with E-state index < -0.39 is 0 Å². The van der Waals surface area contributed by atoms with Crippen molar-refractivity contribution in [2.45, 2.75) is 19.9 Å². The van der Waals surface area contributed by atoms with Crippen LogP contribution in [-0.4, -0.2) is 51.0 Å². The summed E-state index contributed by atoms with van der Waals surface area (Å²) in [6, 6.07) is 7.15. The molecule has 1 aliphatic heterocycles. The highest BCUT2D eigenvalue weighted by Gasteiger charge is 2.25. The SMILES string of the molecule is COc1ccccc1OCC(=O)N1CCc2c(nc(-c3cnc(C)cn3)[nH]c2=O)C1. The number of para-hydroxylation sites is 2. The lowest BCUT2D eigenvalue weighted by atomic mass is 10.1. The van der Waals surface area contributed by atoms with Crippen molar-refractivity contribution in [1.82, 2.24) is 24.8 Å². The van der Waals surface area contributed by atoms with E-state index >= 15 is 0 Å². The van der Waals surface area contributed by atoms with Crippen molar-refractivity contribution in [2.75, 3.05) is 20.3 Å². The third-order valence-corrected chi connectivity index (χ3v) is 4.87. The van der Waals surface area contributed by atoms with Crippen LogP contribution in [-0.2, 0) is 17.8 Å². The molecule has 0 saturated carbocycles. The number of ether oxygens (including phenoxy) is 2. The van der Waals surface area contributed by atoms with Crippen LogP contribution in [0, 0.1) is 6.92 Å². The number of carbonyl (C=O) groups excluding carboxylic acids is 1. The molecule has 1 N–H and O–H groups in total. The van der Waals surface area contributed by atoms with Gasteiger partial charge >= 0.3 is 0 Å². The summed E-state index contributed by atoms with van der Waals surface area (Å²) in [6.07, 6.45) is 3.60. The Morgan fingerprint density at radius 3 is 2.73 bits per heavy atom. The fourth-order valence-electron chi connectivity index (χ4n) is 3.26. The van der Waals surface area contributed by atoms with Gasteiger partial charge < -0.3 is 19.4 Å². The molecule has 9 nitrogen and oxygen atoms in total. The van der Waals surface area contributed by atoms with Gasteiger partial charge in [-0.3, -0.25) is 14.6 Å². The molecule has 1 amide bonds. The number of H-pyrrole nitrogens is 1. The van der Waals surface area contributed by atoms with Crippen LogP contribution < -0.4 is 15.0 Å². The van der Waals surface area contributed by atoms with Crippen molar-refractivity contribution >= 4 is 5.91 Å². The minimum Gasteiger partial charge on any atom is -0.493 e. The summed E-state index contributed by atoms with van der Waals surface area (Å²) >= 11 is 0. The van der Waals surface area contributed by atoms with Gasteiger partial charge in [0.25, 0.3) is 11.5 Å². The Kier molecular flexibility index (Phi) is 5.42. The number of aryl methyl sites for hydroxylation is 1. The predicted octanol–water partition coefficient (Wildman–Crippen LogP) is 1.51. The van der Waals surface area contributed by atoms with Crippen molar-refractivity contribution in [3.05, 3.63) is 64.0 Å². The summed E-state index contributed by atoms with van der Waals surface area (Å²) in [5, 5.41) is 0. The molecule has 0 bridgehead atoms. The molecule has 1 aliphatic rings. The molecule has 4 rings (SSSR count). The van der Waals surface area contributed by atoms with Gasteiger partial charge in [-0.25, -0.2) is 9.97 Å². The average molecular weight is 407 g/mol. The Morgan fingerprint density at radius 2 is 2.00 bits per heavy atom. The van der Waals surface area contributed by atoms with E-state index in [0.29, 0.717) is 47.2 Å². The third-order valence-electron chi connectivity index (χ3n) is 4.87. The molecular formula is C21H21N5O4. The summed E-state index contributed by atoms with van der Waals surface area (Å²) in [6.45, 7) is 2.36. The van der Waals surface area contributed by atoms with Crippen LogP contribution in [0.3, 0.4) is 0 Å². The zero-order valence-corrected chi connectivity index (χ0v) is 16.7. The van der Waals surface area contributed by atoms with Crippen molar-refractivity contribution in [1.29, 1.82) is 0 Å². The number of nitrogens with one attached hydrogen (secondary N) is 1. The van der Waals surface area contributed by atoms with Gasteiger partial charge in [-0.1, -0.05) is 12.1 Å². The van der Waals surface area contributed by atoms with E-state index in [4.69, 9.17) is 9.47 Å². The minimum atomic E-state index is -0.213. The van der Waals surface area contributed by atoms with Gasteiger partial charge in [0, 0.05) is 18.3 Å². The molecule has 0 unspecified atom stereocenters. The Hall–Kier alpha value is -3.75. The predicted molar refractivity (Wildman–Crippen MR) is 108 cm³/mol. The molecule has 30 heavy (non-hydrogen) atoms. The van der Waals surface area contributed by atoms with Crippen LogP contribution in [0.2, 0.25) is 0 Å². The summed E-state index contributed by atoms with van der Waals surface area (Å²) in [4.78, 5) is 42.6. The van der Waals surface area contributed by atoms with Crippen molar-refractivity contribution in [3.8, 4) is 23.0 Å². The number of rotatable bonds is 5. The molecule has 9 heteroatoms. The first kappa shape index (κ1) is 19.6. The molecule has 0 spiro atoms. The molecule has 0 atom stereocenters. The number of aromatic amines is 1. The van der Waals surface area contributed by atoms with Crippen molar-refractivity contribution < 1.29 is 14.3 Å². The van der Waals surface area contributed by atoms with Gasteiger partial charge in [0.15, 0.2) is 23.9 Å². The van der Waals surface area contributed by atoms with Gasteiger partial charge in [-0.15, -0.1) is 0 Å². The van der Waals surface area contributed by atoms with Gasteiger partial charge in [-0.2, -0.15) is 0 Å². The second-order valence-corrected chi connectivity index (χ2v) is 6.89. The van der Waals surface area contributed by atoms with E-state index in [0.717, 1.165) is 5.69 Å². The van der Waals surface area contributed by atoms with Crippen LogP contribution in [0.4, 0.5) is 0 Å². The average Bonchev–Trinajstić information content (AvgIpc) is 2.77. The zero-order valence-electron chi connectivity index (χ0n) is 16.7. The first-order valence-electron chi connectivity index (χ1n) is 9.50. The first-order valence-corrected chi connectivity index (χ1v) is 9.50. The van der Waals surface area contributed by atoms with Crippen LogP contribution in [0.25, 0.3) is 11.5 Å². The highest BCUT2D eigenvalue weighted by atomic mass is 16.5. The van der Waals surface area contributed by atoms with E-state index in [-0.39, 0.29) is 24.6 Å². The standard InChI is InChI=1S/C21H21N5O4/c1-13-9-23-15(10-22-13)20-24-16-11-26(8-7-14(16)21(28)25-20)19(27)12-30-18-6-4-3-5-17(18)29-2/h3-6,9-10H,7-8,11-12H2,1-2H3,(H,24,25,28). The molecule has 2 aromatic heterocycles. The molecule has 3 aromatic rings. The highest BCUT2D eigenvalue weighted by molar-refractivity contribution is 5.78. The maximum atomic E-state index is 12.7. The number of amides is 1. The lowest BCUT2D eigenvalue weighted by Crippen LogP contribution is -2.41. The van der Waals surface area contributed by atoms with Gasteiger partial charge in [0.2, 0.25) is 0 Å². The number of methoxy groups -OCH3 is 1. The van der Waals surface area contributed by atoms with E-state index in [1.54, 1.807) is 36.5 Å². The Morgan fingerprint density at radius 1 is 1.20 bits per heavy atom. The number of carbonyl (C=O) groups is 1. The third kappa shape index (κ3) is 4.00. The van der Waals surface area contributed by atoms with Crippen LogP contribution in [0.5, 0.6) is 11.5 Å². The number of benzene rings is 1. The molecule has 0 saturated heterocycles. The van der Waals surface area contributed by atoms with Crippen molar-refractivity contribution in [3.63, 3.8) is 0 Å². The van der Waals surface area contributed by atoms with Gasteiger partial charge in [0.1, 0.15) is 5.69 Å². The molecular weight excluding hydrogens is 386 g/mol. The maximum Gasteiger partial charge on any atom is 0.260 e. The van der Waals surface area contributed by atoms with E-state index in [1.807, 2.05) is 19.1 Å². The van der Waals surface area contributed by atoms with E-state index in [2.05, 4.69) is 19.9 Å². The summed E-state index contributed by atoms with van der Waals surface area (Å²) in [7, 11) is 1.55. The topological polar surface area (TPSA) is 110 Å². The second-order valence-electron chi connectivity index (χ2n) is 6.89. The first-order chi connectivity index (χ1) is 14.5.